The quantitative estimate of drug-likeness (QED) is 0.390. The van der Waals surface area contributed by atoms with Crippen LogP contribution in [0.15, 0.2) is 11.6 Å². The van der Waals surface area contributed by atoms with Gasteiger partial charge in [-0.1, -0.05) is 17.6 Å². The van der Waals surface area contributed by atoms with E-state index in [0.717, 1.165) is 19.6 Å². The van der Waals surface area contributed by atoms with Crippen LogP contribution in [0.4, 0.5) is 0 Å². The molecular formula is C11H18N2. The molecule has 1 aliphatic heterocycles. The van der Waals surface area contributed by atoms with Crippen molar-refractivity contribution < 1.29 is 0 Å². The normalized spacial score (nSPS) is 18.0. The molecule has 72 valence electrons. The molecule has 1 aliphatic rings. The Bertz CT molecular complexity index is 213. The maximum absolute atomic E-state index is 5.13. The largest absolute Gasteiger partial charge is 0.305 e. The van der Waals surface area contributed by atoms with Crippen molar-refractivity contribution in [3.05, 3.63) is 11.6 Å². The van der Waals surface area contributed by atoms with Gasteiger partial charge in [0.25, 0.3) is 0 Å². The van der Waals surface area contributed by atoms with Crippen molar-refractivity contribution in [2.24, 2.45) is 0 Å². The van der Waals surface area contributed by atoms with Gasteiger partial charge in [0.05, 0.1) is 6.54 Å². The van der Waals surface area contributed by atoms with E-state index < -0.39 is 0 Å². The Morgan fingerprint density at radius 3 is 3.15 bits per heavy atom. The van der Waals surface area contributed by atoms with Gasteiger partial charge in [-0.05, 0) is 13.3 Å². The highest BCUT2D eigenvalue weighted by Crippen LogP contribution is 2.08. The average Bonchev–Trinajstić information content (AvgIpc) is 2.15. The van der Waals surface area contributed by atoms with Crippen LogP contribution in [0, 0.1) is 12.3 Å². The zero-order chi connectivity index (χ0) is 9.52. The lowest BCUT2D eigenvalue weighted by molar-refractivity contribution is 0.294. The number of hydrogen-bond acceptors (Lipinski definition) is 2. The van der Waals surface area contributed by atoms with Gasteiger partial charge in [0.15, 0.2) is 0 Å². The number of hydrogen-bond donors (Lipinski definition) is 1. The highest BCUT2D eigenvalue weighted by molar-refractivity contribution is 5.03. The summed E-state index contributed by atoms with van der Waals surface area (Å²) in [5, 5.41) is 3.20. The zero-order valence-corrected chi connectivity index (χ0v) is 8.34. The molecule has 0 amide bonds. The summed E-state index contributed by atoms with van der Waals surface area (Å²) in [5.74, 6) is 2.57. The first kappa shape index (κ1) is 10.3. The maximum Gasteiger partial charge on any atom is 0.0574 e. The van der Waals surface area contributed by atoms with Crippen LogP contribution in [-0.2, 0) is 0 Å². The van der Waals surface area contributed by atoms with Gasteiger partial charge in [0.1, 0.15) is 0 Å². The maximum atomic E-state index is 5.13. The number of nitrogens with one attached hydrogen (secondary N) is 1. The SMILES string of the molecule is C#CCNCCN1CC=C(C)CC1. The van der Waals surface area contributed by atoms with Crippen molar-refractivity contribution in [1.82, 2.24) is 10.2 Å². The molecule has 0 aliphatic carbocycles. The van der Waals surface area contributed by atoms with Crippen molar-refractivity contribution in [3.8, 4) is 12.3 Å². The van der Waals surface area contributed by atoms with Gasteiger partial charge in [0, 0.05) is 26.2 Å². The Labute approximate surface area is 81.0 Å². The first-order valence-electron chi connectivity index (χ1n) is 4.85. The Morgan fingerprint density at radius 1 is 1.69 bits per heavy atom. The van der Waals surface area contributed by atoms with E-state index >= 15 is 0 Å². The fraction of sp³-hybridized carbons (Fsp3) is 0.636. The Balaban J connectivity index is 2.07. The van der Waals surface area contributed by atoms with Gasteiger partial charge in [-0.25, -0.2) is 0 Å². The lowest BCUT2D eigenvalue weighted by Crippen LogP contribution is -2.35. The molecule has 2 nitrogen and oxygen atoms in total. The fourth-order valence-electron chi connectivity index (χ4n) is 1.41. The lowest BCUT2D eigenvalue weighted by atomic mass is 10.1. The van der Waals surface area contributed by atoms with E-state index in [4.69, 9.17) is 6.42 Å². The van der Waals surface area contributed by atoms with Crippen LogP contribution in [0.3, 0.4) is 0 Å². The van der Waals surface area contributed by atoms with Gasteiger partial charge in [0.2, 0.25) is 0 Å². The van der Waals surface area contributed by atoms with Gasteiger partial charge >= 0.3 is 0 Å². The van der Waals surface area contributed by atoms with Crippen LogP contribution < -0.4 is 5.32 Å². The third-order valence-electron chi connectivity index (χ3n) is 2.35. The molecular weight excluding hydrogens is 160 g/mol. The molecule has 0 unspecified atom stereocenters. The zero-order valence-electron chi connectivity index (χ0n) is 8.34. The van der Waals surface area contributed by atoms with Crippen LogP contribution in [0.25, 0.3) is 0 Å². The second-order valence-electron chi connectivity index (χ2n) is 3.48. The van der Waals surface area contributed by atoms with Crippen LogP contribution in [-0.4, -0.2) is 37.6 Å². The summed E-state index contributed by atoms with van der Waals surface area (Å²) in [5.41, 5.74) is 1.52. The second-order valence-corrected chi connectivity index (χ2v) is 3.48. The molecule has 0 atom stereocenters. The average molecular weight is 178 g/mol. The highest BCUT2D eigenvalue weighted by atomic mass is 15.1. The summed E-state index contributed by atoms with van der Waals surface area (Å²) in [6, 6.07) is 0. The summed E-state index contributed by atoms with van der Waals surface area (Å²) in [7, 11) is 0. The first-order valence-corrected chi connectivity index (χ1v) is 4.85. The topological polar surface area (TPSA) is 15.3 Å². The minimum atomic E-state index is 0.683. The third-order valence-corrected chi connectivity index (χ3v) is 2.35. The second kappa shape index (κ2) is 5.80. The lowest BCUT2D eigenvalue weighted by Gasteiger charge is -2.24. The molecule has 0 aromatic heterocycles. The van der Waals surface area contributed by atoms with E-state index in [-0.39, 0.29) is 0 Å². The van der Waals surface area contributed by atoms with Gasteiger partial charge in [-0.2, -0.15) is 0 Å². The predicted octanol–water partition coefficient (Wildman–Crippen LogP) is 0.861. The number of nitrogens with zero attached hydrogens (tertiary/aromatic N) is 1. The van der Waals surface area contributed by atoms with Crippen molar-refractivity contribution >= 4 is 0 Å². The molecule has 0 aromatic rings. The van der Waals surface area contributed by atoms with Crippen LogP contribution in [0.1, 0.15) is 13.3 Å². The molecule has 0 spiro atoms. The van der Waals surface area contributed by atoms with Crippen molar-refractivity contribution in [1.29, 1.82) is 0 Å². The summed E-state index contributed by atoms with van der Waals surface area (Å²) in [6.45, 7) is 7.28. The van der Waals surface area contributed by atoms with E-state index in [1.807, 2.05) is 0 Å². The molecule has 2 heteroatoms. The molecule has 0 fully saturated rings. The van der Waals surface area contributed by atoms with E-state index in [1.165, 1.54) is 18.5 Å². The molecule has 1 rings (SSSR count). The van der Waals surface area contributed by atoms with Crippen LogP contribution >= 0.6 is 0 Å². The summed E-state index contributed by atoms with van der Waals surface area (Å²) in [4.78, 5) is 2.44. The molecule has 1 N–H and O–H groups in total. The van der Waals surface area contributed by atoms with E-state index in [1.54, 1.807) is 0 Å². The van der Waals surface area contributed by atoms with Crippen molar-refractivity contribution in [2.45, 2.75) is 13.3 Å². The van der Waals surface area contributed by atoms with Crippen LogP contribution in [0.5, 0.6) is 0 Å². The highest BCUT2D eigenvalue weighted by Gasteiger charge is 2.07. The fourth-order valence-corrected chi connectivity index (χ4v) is 1.41. The minimum absolute atomic E-state index is 0.683. The number of terminal acetylenes is 1. The Kier molecular flexibility index (Phi) is 4.59. The van der Waals surface area contributed by atoms with Gasteiger partial charge in [-0.15, -0.1) is 6.42 Å². The molecule has 1 heterocycles. The Hall–Kier alpha value is -0.780. The number of rotatable bonds is 4. The summed E-state index contributed by atoms with van der Waals surface area (Å²) < 4.78 is 0. The van der Waals surface area contributed by atoms with Gasteiger partial charge < -0.3 is 5.32 Å². The molecule has 0 bridgehead atoms. The standard InChI is InChI=1S/C11H18N2/c1-3-6-12-7-10-13-8-4-11(2)5-9-13/h1,4,12H,5-10H2,2H3. The molecule has 0 radical (unpaired) electrons. The monoisotopic (exact) mass is 178 g/mol. The first-order chi connectivity index (χ1) is 6.33. The Morgan fingerprint density at radius 2 is 2.54 bits per heavy atom. The van der Waals surface area contributed by atoms with Crippen molar-refractivity contribution in [3.63, 3.8) is 0 Å². The predicted molar refractivity (Wildman–Crippen MR) is 56.5 cm³/mol. The summed E-state index contributed by atoms with van der Waals surface area (Å²) in [6.07, 6.45) is 8.66. The molecule has 0 aromatic carbocycles. The van der Waals surface area contributed by atoms with E-state index in [2.05, 4.69) is 29.1 Å². The summed E-state index contributed by atoms with van der Waals surface area (Å²) >= 11 is 0. The third kappa shape index (κ3) is 4.12. The smallest absolute Gasteiger partial charge is 0.0574 e. The van der Waals surface area contributed by atoms with E-state index in [9.17, 15) is 0 Å². The minimum Gasteiger partial charge on any atom is -0.305 e. The van der Waals surface area contributed by atoms with Crippen molar-refractivity contribution in [2.75, 3.05) is 32.7 Å². The molecule has 0 saturated heterocycles. The van der Waals surface area contributed by atoms with E-state index in [0.29, 0.717) is 6.54 Å². The molecule has 13 heavy (non-hydrogen) atoms. The van der Waals surface area contributed by atoms with Gasteiger partial charge in [-0.3, -0.25) is 4.90 Å². The van der Waals surface area contributed by atoms with Crippen LogP contribution in [0.2, 0.25) is 0 Å². The molecule has 0 saturated carbocycles.